The number of hydrogen-bond acceptors (Lipinski definition) is 3. The van der Waals surface area contributed by atoms with Gasteiger partial charge >= 0.3 is 0 Å². The van der Waals surface area contributed by atoms with Crippen molar-refractivity contribution in [3.8, 4) is 0 Å². The minimum absolute atomic E-state index is 0.0131. The van der Waals surface area contributed by atoms with Crippen LogP contribution in [0.5, 0.6) is 0 Å². The molecule has 1 fully saturated rings. The molecule has 0 spiro atoms. The fourth-order valence-electron chi connectivity index (χ4n) is 2.89. The van der Waals surface area contributed by atoms with E-state index in [9.17, 15) is 4.79 Å². The minimum atomic E-state index is -0.169. The predicted molar refractivity (Wildman–Crippen MR) is 72.8 cm³/mol. The molecule has 3 rings (SSSR count). The number of carbonyl (C=O) groups excluding carboxylic acids is 1. The third-order valence-corrected chi connectivity index (χ3v) is 3.98. The molecule has 1 aromatic carbocycles. The molecular weight excluding hydrogens is 226 g/mol. The molecule has 0 aliphatic carbocycles. The van der Waals surface area contributed by atoms with Crippen LogP contribution in [0.2, 0.25) is 0 Å². The van der Waals surface area contributed by atoms with E-state index in [-0.39, 0.29) is 11.8 Å². The van der Waals surface area contributed by atoms with Crippen molar-refractivity contribution >= 4 is 17.3 Å². The molecule has 4 nitrogen and oxygen atoms in total. The van der Waals surface area contributed by atoms with Crippen LogP contribution in [-0.4, -0.2) is 25.5 Å². The van der Waals surface area contributed by atoms with Crippen LogP contribution in [-0.2, 0) is 11.2 Å². The van der Waals surface area contributed by atoms with Crippen molar-refractivity contribution < 1.29 is 4.79 Å². The number of nitrogens with zero attached hydrogens (tertiary/aromatic N) is 1. The molecule has 2 heterocycles. The Morgan fingerprint density at radius 3 is 3.11 bits per heavy atom. The van der Waals surface area contributed by atoms with Crippen LogP contribution >= 0.6 is 0 Å². The number of hydrogen-bond donors (Lipinski definition) is 2. The Balaban J connectivity index is 1.79. The van der Waals surface area contributed by atoms with Crippen molar-refractivity contribution in [2.45, 2.75) is 19.3 Å². The maximum Gasteiger partial charge on any atom is 0.222 e. The Labute approximate surface area is 107 Å². The second-order valence-corrected chi connectivity index (χ2v) is 5.21. The molecule has 1 aromatic rings. The van der Waals surface area contributed by atoms with E-state index in [0.29, 0.717) is 0 Å². The second-order valence-electron chi connectivity index (χ2n) is 5.21. The van der Waals surface area contributed by atoms with Gasteiger partial charge in [-0.25, -0.2) is 0 Å². The number of benzene rings is 1. The number of carbonyl (C=O) groups is 1. The molecule has 2 aliphatic rings. The van der Waals surface area contributed by atoms with E-state index in [0.717, 1.165) is 32.5 Å². The monoisotopic (exact) mass is 245 g/mol. The molecule has 1 atom stereocenters. The van der Waals surface area contributed by atoms with Crippen molar-refractivity contribution in [2.75, 3.05) is 29.9 Å². The van der Waals surface area contributed by atoms with Gasteiger partial charge in [-0.1, -0.05) is 0 Å². The number of primary amides is 1. The normalized spacial score (nSPS) is 22.4. The fraction of sp³-hybridized carbons (Fsp3) is 0.500. The summed E-state index contributed by atoms with van der Waals surface area (Å²) < 4.78 is 0. The van der Waals surface area contributed by atoms with Gasteiger partial charge in [-0.05, 0) is 43.0 Å². The van der Waals surface area contributed by atoms with Crippen molar-refractivity contribution in [1.29, 1.82) is 0 Å². The molecule has 96 valence electrons. The highest BCUT2D eigenvalue weighted by Crippen LogP contribution is 2.30. The van der Waals surface area contributed by atoms with Crippen molar-refractivity contribution in [1.82, 2.24) is 0 Å². The van der Waals surface area contributed by atoms with Gasteiger partial charge in [-0.15, -0.1) is 0 Å². The number of fused-ring (bicyclic) bond motifs is 1. The van der Waals surface area contributed by atoms with Crippen molar-refractivity contribution in [3.63, 3.8) is 0 Å². The van der Waals surface area contributed by atoms with Gasteiger partial charge in [0.25, 0.3) is 0 Å². The van der Waals surface area contributed by atoms with Gasteiger partial charge in [-0.3, -0.25) is 4.79 Å². The molecule has 0 saturated carbocycles. The van der Waals surface area contributed by atoms with Gasteiger partial charge in [0, 0.05) is 31.0 Å². The first-order chi connectivity index (χ1) is 8.74. The number of aryl methyl sites for hydroxylation is 1. The summed E-state index contributed by atoms with van der Waals surface area (Å²) in [6.45, 7) is 2.77. The molecule has 1 unspecified atom stereocenters. The quantitative estimate of drug-likeness (QED) is 0.827. The molecule has 1 saturated heterocycles. The van der Waals surface area contributed by atoms with Gasteiger partial charge in [0.2, 0.25) is 5.91 Å². The molecular formula is C14H19N3O. The zero-order valence-electron chi connectivity index (χ0n) is 10.5. The predicted octanol–water partition coefficient (Wildman–Crippen LogP) is 1.36. The zero-order valence-corrected chi connectivity index (χ0v) is 10.5. The maximum absolute atomic E-state index is 11.2. The summed E-state index contributed by atoms with van der Waals surface area (Å²) in [5.74, 6) is -0.156. The molecule has 1 amide bonds. The number of amides is 1. The summed E-state index contributed by atoms with van der Waals surface area (Å²) >= 11 is 0. The maximum atomic E-state index is 11.2. The number of anilines is 2. The fourth-order valence-corrected chi connectivity index (χ4v) is 2.89. The van der Waals surface area contributed by atoms with E-state index >= 15 is 0 Å². The Hall–Kier alpha value is -1.71. The highest BCUT2D eigenvalue weighted by molar-refractivity contribution is 5.78. The van der Waals surface area contributed by atoms with E-state index in [4.69, 9.17) is 5.73 Å². The van der Waals surface area contributed by atoms with Crippen LogP contribution in [0.15, 0.2) is 18.2 Å². The van der Waals surface area contributed by atoms with Gasteiger partial charge in [0.1, 0.15) is 0 Å². The summed E-state index contributed by atoms with van der Waals surface area (Å²) in [6, 6.07) is 6.55. The summed E-state index contributed by atoms with van der Waals surface area (Å²) in [4.78, 5) is 13.5. The molecule has 18 heavy (non-hydrogen) atoms. The molecule has 0 aromatic heterocycles. The molecule has 2 aliphatic heterocycles. The van der Waals surface area contributed by atoms with Crippen LogP contribution in [0, 0.1) is 5.92 Å². The van der Waals surface area contributed by atoms with Crippen molar-refractivity contribution in [3.05, 3.63) is 23.8 Å². The van der Waals surface area contributed by atoms with E-state index in [2.05, 4.69) is 28.4 Å². The average molecular weight is 245 g/mol. The van der Waals surface area contributed by atoms with Gasteiger partial charge in [0.05, 0.1) is 5.92 Å². The highest BCUT2D eigenvalue weighted by Gasteiger charge is 2.27. The van der Waals surface area contributed by atoms with E-state index in [1.807, 2.05) is 0 Å². The largest absolute Gasteiger partial charge is 0.385 e. The first kappa shape index (κ1) is 11.4. The molecule has 0 radical (unpaired) electrons. The third-order valence-electron chi connectivity index (χ3n) is 3.98. The average Bonchev–Trinajstić information content (AvgIpc) is 2.88. The lowest BCUT2D eigenvalue weighted by Crippen LogP contribution is -2.27. The summed E-state index contributed by atoms with van der Waals surface area (Å²) in [7, 11) is 0. The SMILES string of the molecule is NC(=O)C1CCN(c2ccc3c(c2)CCCN3)C1. The smallest absolute Gasteiger partial charge is 0.222 e. The van der Waals surface area contributed by atoms with Gasteiger partial charge < -0.3 is 16.0 Å². The zero-order chi connectivity index (χ0) is 12.5. The lowest BCUT2D eigenvalue weighted by molar-refractivity contribution is -0.121. The molecule has 4 heteroatoms. The lowest BCUT2D eigenvalue weighted by atomic mass is 10.0. The second kappa shape index (κ2) is 4.52. The summed E-state index contributed by atoms with van der Waals surface area (Å²) in [5.41, 5.74) is 9.25. The lowest BCUT2D eigenvalue weighted by Gasteiger charge is -2.23. The first-order valence-corrected chi connectivity index (χ1v) is 6.65. The van der Waals surface area contributed by atoms with Crippen molar-refractivity contribution in [2.24, 2.45) is 11.7 Å². The van der Waals surface area contributed by atoms with E-state index < -0.39 is 0 Å². The minimum Gasteiger partial charge on any atom is -0.385 e. The summed E-state index contributed by atoms with van der Waals surface area (Å²) in [6.07, 6.45) is 3.22. The third kappa shape index (κ3) is 2.03. The van der Waals surface area contributed by atoms with Crippen LogP contribution in [0.25, 0.3) is 0 Å². The highest BCUT2D eigenvalue weighted by atomic mass is 16.1. The van der Waals surface area contributed by atoms with E-state index in [1.165, 1.54) is 23.4 Å². The van der Waals surface area contributed by atoms with Crippen LogP contribution in [0.1, 0.15) is 18.4 Å². The Morgan fingerprint density at radius 1 is 1.44 bits per heavy atom. The Kier molecular flexibility index (Phi) is 2.86. The van der Waals surface area contributed by atoms with Gasteiger partial charge in [0.15, 0.2) is 0 Å². The number of nitrogens with two attached hydrogens (primary N) is 1. The number of rotatable bonds is 2. The Bertz CT molecular complexity index is 472. The topological polar surface area (TPSA) is 58.4 Å². The first-order valence-electron chi connectivity index (χ1n) is 6.65. The van der Waals surface area contributed by atoms with E-state index in [1.54, 1.807) is 0 Å². The number of nitrogens with one attached hydrogen (secondary N) is 1. The van der Waals surface area contributed by atoms with Crippen LogP contribution in [0.4, 0.5) is 11.4 Å². The summed E-state index contributed by atoms with van der Waals surface area (Å²) in [5, 5.41) is 3.41. The van der Waals surface area contributed by atoms with Gasteiger partial charge in [-0.2, -0.15) is 0 Å². The molecule has 0 bridgehead atoms. The van der Waals surface area contributed by atoms with Crippen LogP contribution < -0.4 is 16.0 Å². The standard InChI is InChI=1S/C14H19N3O/c15-14(18)11-5-7-17(9-11)12-3-4-13-10(8-12)2-1-6-16-13/h3-4,8,11,16H,1-2,5-7,9H2,(H2,15,18). The molecule has 3 N–H and O–H groups in total. The Morgan fingerprint density at radius 2 is 2.33 bits per heavy atom. The van der Waals surface area contributed by atoms with Crippen LogP contribution in [0.3, 0.4) is 0 Å².